The molecule has 0 aliphatic carbocycles. The van der Waals surface area contributed by atoms with E-state index in [0.717, 1.165) is 4.90 Å². The second-order valence-electron chi connectivity index (χ2n) is 6.64. The van der Waals surface area contributed by atoms with Gasteiger partial charge in [0.15, 0.2) is 0 Å². The SMILES string of the molecule is CC(=O)n1cc(CC(C(=O)O)N2C(=O)c3ccccc3C2=O)c2ccccc21. The maximum Gasteiger partial charge on any atom is 0.327 e. The molecule has 1 atom stereocenters. The number of rotatable bonds is 4. The summed E-state index contributed by atoms with van der Waals surface area (Å²) in [6, 6.07) is 12.0. The number of aliphatic carboxylic acids is 1. The summed E-state index contributed by atoms with van der Waals surface area (Å²) in [5.74, 6) is -2.74. The number of imide groups is 1. The average molecular weight is 376 g/mol. The molecule has 4 rings (SSSR count). The van der Waals surface area contributed by atoms with Crippen LogP contribution in [-0.2, 0) is 11.2 Å². The van der Waals surface area contributed by atoms with Crippen LogP contribution in [0, 0.1) is 0 Å². The number of carbonyl (C=O) groups is 4. The molecule has 2 aromatic carbocycles. The molecule has 28 heavy (non-hydrogen) atoms. The lowest BCUT2D eigenvalue weighted by molar-refractivity contribution is -0.141. The summed E-state index contributed by atoms with van der Waals surface area (Å²) in [5.41, 5.74) is 1.63. The van der Waals surface area contributed by atoms with E-state index in [1.54, 1.807) is 42.6 Å². The number of carboxylic acid groups (broad SMARTS) is 1. The zero-order valence-corrected chi connectivity index (χ0v) is 15.0. The van der Waals surface area contributed by atoms with Gasteiger partial charge >= 0.3 is 5.97 Å². The van der Waals surface area contributed by atoms with Crippen LogP contribution in [0.3, 0.4) is 0 Å². The third-order valence-corrected chi connectivity index (χ3v) is 4.97. The Morgan fingerprint density at radius 3 is 2.11 bits per heavy atom. The van der Waals surface area contributed by atoms with Gasteiger partial charge in [0.1, 0.15) is 6.04 Å². The van der Waals surface area contributed by atoms with Crippen molar-refractivity contribution in [1.29, 1.82) is 0 Å². The van der Waals surface area contributed by atoms with Crippen LogP contribution in [0.2, 0.25) is 0 Å². The Balaban J connectivity index is 1.77. The Hall–Kier alpha value is -3.74. The molecule has 7 heteroatoms. The molecule has 7 nitrogen and oxygen atoms in total. The lowest BCUT2D eigenvalue weighted by atomic mass is 10.0. The molecule has 1 aliphatic rings. The molecule has 0 bridgehead atoms. The van der Waals surface area contributed by atoms with E-state index in [9.17, 15) is 24.3 Å². The van der Waals surface area contributed by atoms with Crippen molar-refractivity contribution in [3.05, 3.63) is 71.4 Å². The van der Waals surface area contributed by atoms with Gasteiger partial charge in [-0.15, -0.1) is 0 Å². The van der Waals surface area contributed by atoms with E-state index in [1.165, 1.54) is 23.6 Å². The van der Waals surface area contributed by atoms with Crippen molar-refractivity contribution in [3.63, 3.8) is 0 Å². The van der Waals surface area contributed by atoms with Crippen molar-refractivity contribution < 1.29 is 24.3 Å². The first-order valence-electron chi connectivity index (χ1n) is 8.69. The number of carbonyl (C=O) groups excluding carboxylic acids is 3. The fraction of sp³-hybridized carbons (Fsp3) is 0.143. The minimum Gasteiger partial charge on any atom is -0.480 e. The van der Waals surface area contributed by atoms with Crippen LogP contribution < -0.4 is 0 Å². The number of fused-ring (bicyclic) bond motifs is 2. The molecule has 0 saturated carbocycles. The van der Waals surface area contributed by atoms with Crippen LogP contribution >= 0.6 is 0 Å². The molecule has 0 fully saturated rings. The summed E-state index contributed by atoms with van der Waals surface area (Å²) in [7, 11) is 0. The molecule has 3 aromatic rings. The Kier molecular flexibility index (Phi) is 4.07. The minimum atomic E-state index is -1.38. The lowest BCUT2D eigenvalue weighted by Crippen LogP contribution is -2.46. The average Bonchev–Trinajstić information content (AvgIpc) is 3.17. The van der Waals surface area contributed by atoms with Gasteiger partial charge in [0.2, 0.25) is 5.91 Å². The first kappa shape index (κ1) is 17.7. The van der Waals surface area contributed by atoms with Crippen LogP contribution in [0.4, 0.5) is 0 Å². The number of hydrogen-bond acceptors (Lipinski definition) is 4. The standard InChI is InChI=1S/C21H16N2O5/c1-12(24)22-11-13(14-6-4-5-9-17(14)22)10-18(21(27)28)23-19(25)15-7-2-3-8-16(15)20(23)26/h2-9,11,18H,10H2,1H3,(H,27,28). The maximum absolute atomic E-state index is 12.7. The quantitative estimate of drug-likeness (QED) is 0.706. The predicted molar refractivity (Wildman–Crippen MR) is 100 cm³/mol. The van der Waals surface area contributed by atoms with Crippen LogP contribution in [0.1, 0.15) is 38.0 Å². The van der Waals surface area contributed by atoms with Crippen LogP contribution in [0.15, 0.2) is 54.7 Å². The van der Waals surface area contributed by atoms with Crippen LogP contribution in [-0.4, -0.2) is 44.3 Å². The van der Waals surface area contributed by atoms with E-state index in [2.05, 4.69) is 0 Å². The van der Waals surface area contributed by atoms with Crippen LogP contribution in [0.25, 0.3) is 10.9 Å². The topological polar surface area (TPSA) is 96.7 Å². The second-order valence-corrected chi connectivity index (χ2v) is 6.64. The molecule has 1 aromatic heterocycles. The van der Waals surface area contributed by atoms with E-state index in [1.807, 2.05) is 0 Å². The van der Waals surface area contributed by atoms with Gasteiger partial charge in [0.05, 0.1) is 16.6 Å². The van der Waals surface area contributed by atoms with Gasteiger partial charge in [-0.1, -0.05) is 30.3 Å². The number of hydrogen-bond donors (Lipinski definition) is 1. The number of carboxylic acids is 1. The third-order valence-electron chi connectivity index (χ3n) is 4.97. The largest absolute Gasteiger partial charge is 0.480 e. The van der Waals surface area contributed by atoms with Gasteiger partial charge in [-0.05, 0) is 23.8 Å². The first-order valence-corrected chi connectivity index (χ1v) is 8.69. The van der Waals surface area contributed by atoms with Crippen molar-refractivity contribution >= 4 is 34.6 Å². The highest BCUT2D eigenvalue weighted by Crippen LogP contribution is 2.28. The molecule has 0 spiro atoms. The van der Waals surface area contributed by atoms with Gasteiger partial charge in [-0.25, -0.2) is 4.79 Å². The Labute approximate surface area is 159 Å². The Morgan fingerprint density at radius 1 is 0.964 bits per heavy atom. The Bertz CT molecular complexity index is 1130. The molecular weight excluding hydrogens is 360 g/mol. The molecular formula is C21H16N2O5. The first-order chi connectivity index (χ1) is 13.4. The molecule has 140 valence electrons. The van der Waals surface area contributed by atoms with Gasteiger partial charge < -0.3 is 5.11 Å². The highest BCUT2D eigenvalue weighted by atomic mass is 16.4. The number of aromatic nitrogens is 1. The Morgan fingerprint density at radius 2 is 1.54 bits per heavy atom. The smallest absolute Gasteiger partial charge is 0.327 e. The zero-order chi connectivity index (χ0) is 20.0. The van der Waals surface area contributed by atoms with E-state index in [-0.39, 0.29) is 23.5 Å². The summed E-state index contributed by atoms with van der Waals surface area (Å²) >= 11 is 0. The van der Waals surface area contributed by atoms with Crippen molar-refractivity contribution in [2.45, 2.75) is 19.4 Å². The van der Waals surface area contributed by atoms with E-state index >= 15 is 0 Å². The zero-order valence-electron chi connectivity index (χ0n) is 15.0. The number of amides is 2. The lowest BCUT2D eigenvalue weighted by Gasteiger charge is -2.22. The monoisotopic (exact) mass is 376 g/mol. The van der Waals surface area contributed by atoms with Crippen molar-refractivity contribution in [2.24, 2.45) is 0 Å². The highest BCUT2D eigenvalue weighted by Gasteiger charge is 2.43. The van der Waals surface area contributed by atoms with Gasteiger partial charge in [-0.3, -0.25) is 23.9 Å². The third kappa shape index (κ3) is 2.60. The summed E-state index contributed by atoms with van der Waals surface area (Å²) < 4.78 is 1.44. The molecule has 2 amide bonds. The molecule has 0 saturated heterocycles. The van der Waals surface area contributed by atoms with Crippen LogP contribution in [0.5, 0.6) is 0 Å². The number of para-hydroxylation sites is 1. The molecule has 1 aliphatic heterocycles. The molecule has 1 N–H and O–H groups in total. The van der Waals surface area contributed by atoms with Gasteiger partial charge in [-0.2, -0.15) is 0 Å². The van der Waals surface area contributed by atoms with Crippen molar-refractivity contribution in [1.82, 2.24) is 9.47 Å². The highest BCUT2D eigenvalue weighted by molar-refractivity contribution is 6.22. The van der Waals surface area contributed by atoms with Crippen molar-refractivity contribution in [3.8, 4) is 0 Å². The van der Waals surface area contributed by atoms with Gasteiger partial charge in [0, 0.05) is 24.9 Å². The summed E-state index contributed by atoms with van der Waals surface area (Å²) in [6.45, 7) is 1.41. The van der Waals surface area contributed by atoms with E-state index in [4.69, 9.17) is 0 Å². The second kappa shape index (κ2) is 6.45. The molecule has 2 heterocycles. The number of benzene rings is 2. The van der Waals surface area contributed by atoms with Gasteiger partial charge in [0.25, 0.3) is 11.8 Å². The maximum atomic E-state index is 12.7. The normalized spacial score (nSPS) is 14.4. The summed E-state index contributed by atoms with van der Waals surface area (Å²) in [5, 5.41) is 10.5. The fourth-order valence-corrected chi connectivity index (χ4v) is 3.66. The summed E-state index contributed by atoms with van der Waals surface area (Å²) in [4.78, 5) is 50.1. The van der Waals surface area contributed by atoms with E-state index in [0.29, 0.717) is 16.5 Å². The number of nitrogens with zero attached hydrogens (tertiary/aromatic N) is 2. The predicted octanol–water partition coefficient (Wildman–Crippen LogP) is 2.59. The molecule has 0 radical (unpaired) electrons. The summed E-state index contributed by atoms with van der Waals surface area (Å²) in [6.07, 6.45) is 1.47. The van der Waals surface area contributed by atoms with E-state index < -0.39 is 23.8 Å². The fourth-order valence-electron chi connectivity index (χ4n) is 3.66. The minimum absolute atomic E-state index is 0.0956. The van der Waals surface area contributed by atoms with Crippen molar-refractivity contribution in [2.75, 3.05) is 0 Å². The molecule has 1 unspecified atom stereocenters.